The van der Waals surface area contributed by atoms with E-state index < -0.39 is 10.0 Å². The lowest BCUT2D eigenvalue weighted by Crippen LogP contribution is -2.47. The Kier molecular flexibility index (Phi) is 5.28. The first-order chi connectivity index (χ1) is 15.0. The summed E-state index contributed by atoms with van der Waals surface area (Å²) in [6.45, 7) is 2.60. The molecular formula is C24H29N3O3S. The molecule has 164 valence electrons. The van der Waals surface area contributed by atoms with E-state index in [1.165, 1.54) is 0 Å². The molecule has 3 atom stereocenters. The van der Waals surface area contributed by atoms with E-state index in [2.05, 4.69) is 28.4 Å². The van der Waals surface area contributed by atoms with Gasteiger partial charge in [0.05, 0.1) is 18.0 Å². The van der Waals surface area contributed by atoms with Crippen LogP contribution in [0, 0.1) is 5.92 Å². The van der Waals surface area contributed by atoms with Crippen molar-refractivity contribution in [3.05, 3.63) is 65.7 Å². The van der Waals surface area contributed by atoms with Crippen molar-refractivity contribution in [1.82, 2.24) is 9.21 Å². The summed E-state index contributed by atoms with van der Waals surface area (Å²) in [6, 6.07) is 13.8. The van der Waals surface area contributed by atoms with Crippen molar-refractivity contribution in [1.29, 1.82) is 0 Å². The predicted octanol–water partition coefficient (Wildman–Crippen LogP) is 3.46. The zero-order valence-corrected chi connectivity index (χ0v) is 18.8. The number of likely N-dealkylation sites (N-methyl/N-ethyl adjacent to an activating group) is 1. The van der Waals surface area contributed by atoms with Gasteiger partial charge in [-0.1, -0.05) is 30.4 Å². The lowest BCUT2D eigenvalue weighted by molar-refractivity contribution is 0.222. The molecule has 3 aliphatic rings. The van der Waals surface area contributed by atoms with Crippen LogP contribution in [-0.4, -0.2) is 58.0 Å². The van der Waals surface area contributed by atoms with E-state index in [-0.39, 0.29) is 12.0 Å². The zero-order chi connectivity index (χ0) is 21.6. The van der Waals surface area contributed by atoms with Gasteiger partial charge in [-0.3, -0.25) is 0 Å². The lowest BCUT2D eigenvalue weighted by atomic mass is 9.77. The highest BCUT2D eigenvalue weighted by Gasteiger charge is 2.40. The van der Waals surface area contributed by atoms with E-state index >= 15 is 0 Å². The molecule has 1 fully saturated rings. The van der Waals surface area contributed by atoms with Crippen molar-refractivity contribution >= 4 is 15.7 Å². The molecule has 2 heterocycles. The van der Waals surface area contributed by atoms with E-state index in [4.69, 9.17) is 4.74 Å². The summed E-state index contributed by atoms with van der Waals surface area (Å²) in [4.78, 5) is 2.56. The van der Waals surface area contributed by atoms with Crippen molar-refractivity contribution in [2.24, 2.45) is 5.92 Å². The third kappa shape index (κ3) is 3.54. The average Bonchev–Trinajstić information content (AvgIpc) is 3.29. The largest absolute Gasteiger partial charge is 0.496 e. The molecule has 1 aliphatic carbocycles. The van der Waals surface area contributed by atoms with Crippen molar-refractivity contribution in [3.63, 3.8) is 0 Å². The Morgan fingerprint density at radius 1 is 1.03 bits per heavy atom. The second kappa shape index (κ2) is 7.97. The number of methoxy groups -OCH3 is 1. The number of rotatable bonds is 4. The maximum absolute atomic E-state index is 13.3. The number of hydrogen-bond donors (Lipinski definition) is 1. The summed E-state index contributed by atoms with van der Waals surface area (Å²) in [5.74, 6) is 1.39. The lowest BCUT2D eigenvalue weighted by Gasteiger charge is -2.38. The summed E-state index contributed by atoms with van der Waals surface area (Å²) in [6.07, 6.45) is 5.41. The summed E-state index contributed by atoms with van der Waals surface area (Å²) < 4.78 is 33.8. The Morgan fingerprint density at radius 2 is 1.81 bits per heavy atom. The molecule has 2 aromatic rings. The molecule has 31 heavy (non-hydrogen) atoms. The van der Waals surface area contributed by atoms with Crippen LogP contribution in [0.1, 0.15) is 29.5 Å². The van der Waals surface area contributed by atoms with Gasteiger partial charge < -0.3 is 15.0 Å². The summed E-state index contributed by atoms with van der Waals surface area (Å²) >= 11 is 0. The van der Waals surface area contributed by atoms with E-state index in [0.29, 0.717) is 23.9 Å². The normalized spacial score (nSPS) is 26.2. The molecule has 1 saturated heterocycles. The number of nitrogens with zero attached hydrogens (tertiary/aromatic N) is 2. The predicted molar refractivity (Wildman–Crippen MR) is 122 cm³/mol. The van der Waals surface area contributed by atoms with Crippen LogP contribution in [-0.2, 0) is 10.0 Å². The minimum atomic E-state index is -3.49. The second-order valence-electron chi connectivity index (χ2n) is 8.67. The summed E-state index contributed by atoms with van der Waals surface area (Å²) in [5.41, 5.74) is 3.21. The molecule has 0 saturated carbocycles. The fraction of sp³-hybridized carbons (Fsp3) is 0.417. The van der Waals surface area contributed by atoms with Crippen LogP contribution in [0.15, 0.2) is 59.5 Å². The molecule has 7 heteroatoms. The van der Waals surface area contributed by atoms with Crippen LogP contribution >= 0.6 is 0 Å². The number of allylic oxidation sites excluding steroid dienone is 2. The fourth-order valence-corrected chi connectivity index (χ4v) is 6.60. The van der Waals surface area contributed by atoms with Crippen LogP contribution in [0.5, 0.6) is 5.75 Å². The maximum atomic E-state index is 13.3. The Labute approximate surface area is 184 Å². The standard InChI is InChI=1S/C24H29N3O3S/c1-26-12-14-27(15-13-26)31(28,29)17-10-11-22-21(16-17)18-7-5-8-19(18)24(25-22)20-6-3-4-9-23(20)30-2/h3-7,9-11,16,18-19,24-25H,8,12-15H2,1-2H3. The minimum absolute atomic E-state index is 0.115. The van der Waals surface area contributed by atoms with Gasteiger partial charge in [-0.2, -0.15) is 4.31 Å². The summed E-state index contributed by atoms with van der Waals surface area (Å²) in [5, 5.41) is 3.69. The molecule has 0 aromatic heterocycles. The van der Waals surface area contributed by atoms with Crippen molar-refractivity contribution < 1.29 is 13.2 Å². The number of piperazine rings is 1. The molecule has 1 N–H and O–H groups in total. The number of sulfonamides is 1. The number of ether oxygens (including phenoxy) is 1. The third-order valence-corrected chi connectivity index (χ3v) is 8.80. The smallest absolute Gasteiger partial charge is 0.243 e. The van der Waals surface area contributed by atoms with Gasteiger partial charge in [0.1, 0.15) is 5.75 Å². The fourth-order valence-electron chi connectivity index (χ4n) is 5.14. The van der Waals surface area contributed by atoms with Gasteiger partial charge in [-0.25, -0.2) is 8.42 Å². The monoisotopic (exact) mass is 439 g/mol. The van der Waals surface area contributed by atoms with Gasteiger partial charge in [0, 0.05) is 43.3 Å². The molecule has 0 amide bonds. The number of fused-ring (bicyclic) bond motifs is 3. The average molecular weight is 440 g/mol. The first-order valence-electron chi connectivity index (χ1n) is 10.9. The Morgan fingerprint density at radius 3 is 2.58 bits per heavy atom. The molecule has 3 unspecified atom stereocenters. The van der Waals surface area contributed by atoms with E-state index in [1.807, 2.05) is 37.4 Å². The molecule has 0 spiro atoms. The highest BCUT2D eigenvalue weighted by atomic mass is 32.2. The Bertz CT molecular complexity index is 1110. The Hall–Kier alpha value is -2.35. The molecule has 0 radical (unpaired) electrons. The van der Waals surface area contributed by atoms with Gasteiger partial charge in [0.25, 0.3) is 0 Å². The van der Waals surface area contributed by atoms with Gasteiger partial charge in [0.15, 0.2) is 0 Å². The van der Waals surface area contributed by atoms with Crippen LogP contribution in [0.25, 0.3) is 0 Å². The maximum Gasteiger partial charge on any atom is 0.243 e. The van der Waals surface area contributed by atoms with Crippen LogP contribution < -0.4 is 10.1 Å². The molecule has 2 aromatic carbocycles. The number of anilines is 1. The molecule has 0 bridgehead atoms. The van der Waals surface area contributed by atoms with Crippen LogP contribution in [0.3, 0.4) is 0 Å². The zero-order valence-electron chi connectivity index (χ0n) is 18.0. The van der Waals surface area contributed by atoms with Crippen molar-refractivity contribution in [3.8, 4) is 5.75 Å². The number of para-hydroxylation sites is 1. The Balaban J connectivity index is 1.50. The van der Waals surface area contributed by atoms with Crippen molar-refractivity contribution in [2.75, 3.05) is 45.7 Å². The number of nitrogens with one attached hydrogen (secondary N) is 1. The molecular weight excluding hydrogens is 410 g/mol. The van der Waals surface area contributed by atoms with E-state index in [9.17, 15) is 8.42 Å². The van der Waals surface area contributed by atoms with E-state index in [1.54, 1.807) is 17.5 Å². The summed E-state index contributed by atoms with van der Waals surface area (Å²) in [7, 11) is 0.242. The van der Waals surface area contributed by atoms with E-state index in [0.717, 1.165) is 42.1 Å². The first-order valence-corrected chi connectivity index (χ1v) is 12.3. The number of benzene rings is 2. The van der Waals surface area contributed by atoms with Crippen LogP contribution in [0.4, 0.5) is 5.69 Å². The molecule has 5 rings (SSSR count). The second-order valence-corrected chi connectivity index (χ2v) is 10.6. The number of hydrogen-bond acceptors (Lipinski definition) is 5. The topological polar surface area (TPSA) is 61.9 Å². The highest BCUT2D eigenvalue weighted by Crippen LogP contribution is 2.51. The highest BCUT2D eigenvalue weighted by molar-refractivity contribution is 7.89. The van der Waals surface area contributed by atoms with Gasteiger partial charge in [-0.15, -0.1) is 0 Å². The minimum Gasteiger partial charge on any atom is -0.496 e. The van der Waals surface area contributed by atoms with Gasteiger partial charge in [-0.05, 0) is 49.2 Å². The van der Waals surface area contributed by atoms with Crippen LogP contribution in [0.2, 0.25) is 0 Å². The van der Waals surface area contributed by atoms with Crippen molar-refractivity contribution in [2.45, 2.75) is 23.3 Å². The van der Waals surface area contributed by atoms with Gasteiger partial charge in [0.2, 0.25) is 10.0 Å². The third-order valence-electron chi connectivity index (χ3n) is 6.91. The SMILES string of the molecule is COc1ccccc1C1Nc2ccc(S(=O)(=O)N3CCN(C)CC3)cc2C2C=CCC21. The first kappa shape index (κ1) is 20.5. The molecule has 6 nitrogen and oxygen atoms in total. The van der Waals surface area contributed by atoms with Gasteiger partial charge >= 0.3 is 0 Å². The molecule has 2 aliphatic heterocycles. The quantitative estimate of drug-likeness (QED) is 0.740.